The molecule has 0 heterocycles. The summed E-state index contributed by atoms with van der Waals surface area (Å²) in [5, 5.41) is 0. The highest BCUT2D eigenvalue weighted by atomic mass is 16.5. The highest BCUT2D eigenvalue weighted by Crippen LogP contribution is 2.68. The summed E-state index contributed by atoms with van der Waals surface area (Å²) in [6.45, 7) is 7.48. The normalized spacial score (nSPS) is 43.2. The first-order valence-corrected chi connectivity index (χ1v) is 13.1. The Bertz CT molecular complexity index is 773. The predicted octanol–water partition coefficient (Wildman–Crippen LogP) is 5.86. The molecule has 4 aliphatic rings. The van der Waals surface area contributed by atoms with Crippen LogP contribution in [0.2, 0.25) is 0 Å². The Balaban J connectivity index is 1.52. The molecule has 0 radical (unpaired) electrons. The van der Waals surface area contributed by atoms with Crippen molar-refractivity contribution in [3.63, 3.8) is 0 Å². The van der Waals surface area contributed by atoms with Gasteiger partial charge in [0.1, 0.15) is 0 Å². The van der Waals surface area contributed by atoms with E-state index in [1.807, 2.05) is 19.0 Å². The molecule has 180 valence electrons. The number of hydrogen-bond donors (Lipinski definition) is 0. The van der Waals surface area contributed by atoms with Gasteiger partial charge in [0, 0.05) is 38.7 Å². The molecule has 0 aromatic heterocycles. The molecule has 4 saturated carbocycles. The van der Waals surface area contributed by atoms with Gasteiger partial charge in [-0.2, -0.15) is 0 Å². The third-order valence-electron chi connectivity index (χ3n) is 10.6. The van der Waals surface area contributed by atoms with E-state index in [1.165, 1.54) is 45.6 Å². The molecule has 0 aliphatic heterocycles. The van der Waals surface area contributed by atoms with Crippen LogP contribution >= 0.6 is 0 Å². The number of hydrogen-bond acceptors (Lipinski definition) is 4. The summed E-state index contributed by atoms with van der Waals surface area (Å²) in [6, 6.07) is 0. The fraction of sp³-hybridized carbons (Fsp3) is 0.857. The monoisotopic (exact) mass is 443 g/mol. The average Bonchev–Trinajstić information content (AvgIpc) is 3.09. The standard InChI is InChI=1S/C28H45NO3/c1-18(7-12-26(31)32-6)22-10-11-23-21-9-8-20-15-25(30)19(17-29(4)5)16-28(20,3)24(21)13-14-27(22,23)2/h17-18,20-24H,7-16H2,1-6H3/t18-,20?,21+,22-,23+,24+,27-,28+/m1/s1. The highest BCUT2D eigenvalue weighted by molar-refractivity contribution is 5.96. The van der Waals surface area contributed by atoms with E-state index in [2.05, 4.69) is 27.0 Å². The first-order chi connectivity index (χ1) is 15.1. The van der Waals surface area contributed by atoms with Crippen molar-refractivity contribution in [3.8, 4) is 0 Å². The van der Waals surface area contributed by atoms with E-state index in [9.17, 15) is 9.59 Å². The highest BCUT2D eigenvalue weighted by Gasteiger charge is 2.61. The third-order valence-corrected chi connectivity index (χ3v) is 10.6. The summed E-state index contributed by atoms with van der Waals surface area (Å²) in [6.07, 6.45) is 13.2. The molecule has 0 saturated heterocycles. The maximum atomic E-state index is 12.8. The van der Waals surface area contributed by atoms with Crippen LogP contribution in [0.15, 0.2) is 11.8 Å². The smallest absolute Gasteiger partial charge is 0.305 e. The zero-order valence-electron chi connectivity index (χ0n) is 21.3. The first-order valence-electron chi connectivity index (χ1n) is 13.1. The van der Waals surface area contributed by atoms with Gasteiger partial charge >= 0.3 is 5.97 Å². The number of ether oxygens (including phenoxy) is 1. The number of Topliss-reactive ketones (excluding diaryl/α,β-unsaturated/α-hetero) is 1. The molecule has 0 aromatic rings. The maximum absolute atomic E-state index is 12.8. The van der Waals surface area contributed by atoms with Crippen LogP contribution in [0.5, 0.6) is 0 Å². The van der Waals surface area contributed by atoms with Crippen molar-refractivity contribution >= 4 is 11.8 Å². The van der Waals surface area contributed by atoms with Crippen LogP contribution < -0.4 is 0 Å². The number of methoxy groups -OCH3 is 1. The number of carbonyl (C=O) groups is 2. The minimum Gasteiger partial charge on any atom is -0.469 e. The van der Waals surface area contributed by atoms with Gasteiger partial charge in [-0.25, -0.2) is 0 Å². The number of allylic oxidation sites excluding steroid dienone is 1. The number of ketones is 1. The van der Waals surface area contributed by atoms with Crippen LogP contribution in [0.25, 0.3) is 0 Å². The van der Waals surface area contributed by atoms with E-state index < -0.39 is 0 Å². The van der Waals surface area contributed by atoms with Crippen LogP contribution in [-0.2, 0) is 14.3 Å². The van der Waals surface area contributed by atoms with E-state index in [-0.39, 0.29) is 11.4 Å². The van der Waals surface area contributed by atoms with Crippen molar-refractivity contribution in [2.75, 3.05) is 21.2 Å². The number of esters is 1. The van der Waals surface area contributed by atoms with Crippen molar-refractivity contribution < 1.29 is 14.3 Å². The van der Waals surface area contributed by atoms with Crippen molar-refractivity contribution in [3.05, 3.63) is 11.8 Å². The molecule has 4 fully saturated rings. The Morgan fingerprint density at radius 2 is 1.84 bits per heavy atom. The Hall–Kier alpha value is -1.32. The van der Waals surface area contributed by atoms with Crippen LogP contribution in [-0.4, -0.2) is 37.9 Å². The van der Waals surface area contributed by atoms with Gasteiger partial charge in [-0.05, 0) is 97.7 Å². The zero-order valence-corrected chi connectivity index (χ0v) is 21.3. The van der Waals surface area contributed by atoms with Gasteiger partial charge < -0.3 is 9.64 Å². The Morgan fingerprint density at radius 3 is 2.53 bits per heavy atom. The summed E-state index contributed by atoms with van der Waals surface area (Å²) < 4.78 is 4.90. The van der Waals surface area contributed by atoms with Crippen molar-refractivity contribution in [2.45, 2.75) is 85.0 Å². The van der Waals surface area contributed by atoms with Gasteiger partial charge in [-0.1, -0.05) is 20.8 Å². The van der Waals surface area contributed by atoms with E-state index >= 15 is 0 Å². The van der Waals surface area contributed by atoms with Gasteiger partial charge in [-0.3, -0.25) is 9.59 Å². The lowest BCUT2D eigenvalue weighted by Crippen LogP contribution is -2.54. The summed E-state index contributed by atoms with van der Waals surface area (Å²) in [5.41, 5.74) is 1.74. The minimum absolute atomic E-state index is 0.0695. The van der Waals surface area contributed by atoms with Gasteiger partial charge in [0.15, 0.2) is 5.78 Å². The first kappa shape index (κ1) is 23.8. The lowest BCUT2D eigenvalue weighted by atomic mass is 9.44. The van der Waals surface area contributed by atoms with Crippen molar-refractivity contribution in [1.82, 2.24) is 4.90 Å². The summed E-state index contributed by atoms with van der Waals surface area (Å²) in [7, 11) is 5.56. The fourth-order valence-electron chi connectivity index (χ4n) is 9.06. The van der Waals surface area contributed by atoms with Gasteiger partial charge in [0.2, 0.25) is 0 Å². The number of carbonyl (C=O) groups excluding carboxylic acids is 2. The molecular weight excluding hydrogens is 398 g/mol. The second-order valence-corrected chi connectivity index (χ2v) is 12.4. The van der Waals surface area contributed by atoms with Crippen molar-refractivity contribution in [1.29, 1.82) is 0 Å². The van der Waals surface area contributed by atoms with Gasteiger partial charge in [0.25, 0.3) is 0 Å². The number of rotatable bonds is 5. The van der Waals surface area contributed by atoms with Gasteiger partial charge in [-0.15, -0.1) is 0 Å². The quantitative estimate of drug-likeness (QED) is 0.394. The third kappa shape index (κ3) is 3.94. The van der Waals surface area contributed by atoms with Crippen LogP contribution in [0.4, 0.5) is 0 Å². The molecule has 0 amide bonds. The molecule has 4 aliphatic carbocycles. The second kappa shape index (κ2) is 8.80. The van der Waals surface area contributed by atoms with E-state index in [4.69, 9.17) is 4.74 Å². The molecule has 0 N–H and O–H groups in total. The van der Waals surface area contributed by atoms with Crippen LogP contribution in [0.1, 0.15) is 85.0 Å². The predicted molar refractivity (Wildman–Crippen MR) is 128 cm³/mol. The molecule has 0 spiro atoms. The topological polar surface area (TPSA) is 46.6 Å². The Kier molecular flexibility index (Phi) is 6.55. The second-order valence-electron chi connectivity index (χ2n) is 12.4. The number of fused-ring (bicyclic) bond motifs is 5. The molecule has 0 bridgehead atoms. The molecule has 4 nitrogen and oxygen atoms in total. The Morgan fingerprint density at radius 1 is 1.12 bits per heavy atom. The Labute approximate surface area is 195 Å². The van der Waals surface area contributed by atoms with Crippen molar-refractivity contribution in [2.24, 2.45) is 46.3 Å². The van der Waals surface area contributed by atoms with E-state index in [0.717, 1.165) is 48.5 Å². The van der Waals surface area contributed by atoms with Crippen LogP contribution in [0, 0.1) is 46.3 Å². The number of nitrogens with zero attached hydrogens (tertiary/aromatic N) is 1. The fourth-order valence-corrected chi connectivity index (χ4v) is 9.06. The molecule has 1 unspecified atom stereocenters. The maximum Gasteiger partial charge on any atom is 0.305 e. The molecule has 32 heavy (non-hydrogen) atoms. The van der Waals surface area contributed by atoms with E-state index in [0.29, 0.717) is 29.5 Å². The largest absolute Gasteiger partial charge is 0.469 e. The molecular formula is C28H45NO3. The van der Waals surface area contributed by atoms with Crippen LogP contribution in [0.3, 0.4) is 0 Å². The summed E-state index contributed by atoms with van der Waals surface area (Å²) >= 11 is 0. The molecule has 8 atom stereocenters. The van der Waals surface area contributed by atoms with Gasteiger partial charge in [0.05, 0.1) is 7.11 Å². The summed E-state index contributed by atoms with van der Waals surface area (Å²) in [4.78, 5) is 26.6. The molecule has 4 rings (SSSR count). The molecule has 4 heteroatoms. The SMILES string of the molecule is COC(=O)CC[C@@H](C)[C@H]1CC[C@H]2[C@@H]3CCC4CC(=O)C(=CN(C)C)C[C@]4(C)[C@H]3CC[C@]12C. The minimum atomic E-state index is -0.0695. The molecule has 0 aromatic carbocycles. The average molecular weight is 444 g/mol. The zero-order chi connectivity index (χ0) is 23.3. The lowest BCUT2D eigenvalue weighted by Gasteiger charge is -2.60. The summed E-state index contributed by atoms with van der Waals surface area (Å²) in [5.74, 6) is 4.55. The van der Waals surface area contributed by atoms with E-state index in [1.54, 1.807) is 0 Å². The lowest BCUT2D eigenvalue weighted by molar-refractivity contribution is -0.141.